The van der Waals surface area contributed by atoms with Gasteiger partial charge in [0.25, 0.3) is 0 Å². The molecule has 18 heavy (non-hydrogen) atoms. The summed E-state index contributed by atoms with van der Waals surface area (Å²) in [4.78, 5) is 0. The summed E-state index contributed by atoms with van der Waals surface area (Å²) in [5, 5.41) is 0. The maximum absolute atomic E-state index is 6.19. The molecule has 1 heteroatoms. The van der Waals surface area contributed by atoms with Gasteiger partial charge in [-0.1, -0.05) is 39.0 Å². The number of fused-ring (bicyclic) bond motifs is 1. The first-order chi connectivity index (χ1) is 8.17. The van der Waals surface area contributed by atoms with E-state index >= 15 is 0 Å². The van der Waals surface area contributed by atoms with Crippen LogP contribution in [-0.4, -0.2) is 5.60 Å². The second-order valence-corrected chi connectivity index (χ2v) is 7.42. The lowest BCUT2D eigenvalue weighted by atomic mass is 9.85. The van der Waals surface area contributed by atoms with Crippen molar-refractivity contribution < 1.29 is 4.74 Å². The van der Waals surface area contributed by atoms with Gasteiger partial charge in [0.1, 0.15) is 0 Å². The standard InChI is InChI=1S/C17H26O/c1-16(2,3)13-9-7-12-8-10-15(14(12)11-13)18-17(4,5)6/h7,9,11,15H,8,10H2,1-6H3. The second-order valence-electron chi connectivity index (χ2n) is 7.42. The van der Waals surface area contributed by atoms with Crippen LogP contribution in [0.2, 0.25) is 0 Å². The molecular weight excluding hydrogens is 220 g/mol. The molecule has 0 aliphatic heterocycles. The summed E-state index contributed by atoms with van der Waals surface area (Å²) < 4.78 is 6.19. The van der Waals surface area contributed by atoms with E-state index < -0.39 is 0 Å². The van der Waals surface area contributed by atoms with Crippen molar-refractivity contribution >= 4 is 0 Å². The van der Waals surface area contributed by atoms with Gasteiger partial charge in [0.05, 0.1) is 11.7 Å². The van der Waals surface area contributed by atoms with Crippen LogP contribution in [0.25, 0.3) is 0 Å². The van der Waals surface area contributed by atoms with Crippen molar-refractivity contribution in [2.24, 2.45) is 0 Å². The topological polar surface area (TPSA) is 9.23 Å². The van der Waals surface area contributed by atoms with Crippen LogP contribution in [0.15, 0.2) is 18.2 Å². The van der Waals surface area contributed by atoms with Crippen LogP contribution in [0.3, 0.4) is 0 Å². The van der Waals surface area contributed by atoms with Crippen molar-refractivity contribution in [1.82, 2.24) is 0 Å². The Morgan fingerprint density at radius 2 is 1.72 bits per heavy atom. The molecule has 0 saturated carbocycles. The van der Waals surface area contributed by atoms with Crippen LogP contribution < -0.4 is 0 Å². The van der Waals surface area contributed by atoms with Gasteiger partial charge in [-0.25, -0.2) is 0 Å². The Bertz CT molecular complexity index is 432. The molecule has 1 nitrogen and oxygen atoms in total. The summed E-state index contributed by atoms with van der Waals surface area (Å²) in [6.45, 7) is 13.2. The zero-order valence-corrected chi connectivity index (χ0v) is 12.6. The maximum Gasteiger partial charge on any atom is 0.0838 e. The molecule has 1 aromatic carbocycles. The highest BCUT2D eigenvalue weighted by molar-refractivity contribution is 5.39. The molecule has 0 spiro atoms. The fourth-order valence-electron chi connectivity index (χ4n) is 2.58. The van der Waals surface area contributed by atoms with Crippen molar-refractivity contribution in [2.75, 3.05) is 0 Å². The maximum atomic E-state index is 6.19. The smallest absolute Gasteiger partial charge is 0.0838 e. The molecule has 0 aromatic heterocycles. The minimum Gasteiger partial charge on any atom is -0.368 e. The minimum absolute atomic E-state index is 0.0655. The lowest BCUT2D eigenvalue weighted by molar-refractivity contribution is -0.0605. The molecule has 0 heterocycles. The van der Waals surface area contributed by atoms with E-state index in [2.05, 4.69) is 59.7 Å². The third-order valence-electron chi connectivity index (χ3n) is 3.53. The average Bonchev–Trinajstić information content (AvgIpc) is 2.57. The molecule has 0 fully saturated rings. The van der Waals surface area contributed by atoms with E-state index in [4.69, 9.17) is 4.74 Å². The molecule has 0 N–H and O–H groups in total. The summed E-state index contributed by atoms with van der Waals surface area (Å²) in [5.74, 6) is 0. The third kappa shape index (κ3) is 2.95. The molecule has 0 amide bonds. The van der Waals surface area contributed by atoms with Gasteiger partial charge in [0.2, 0.25) is 0 Å². The van der Waals surface area contributed by atoms with Crippen molar-refractivity contribution in [3.8, 4) is 0 Å². The summed E-state index contributed by atoms with van der Waals surface area (Å²) >= 11 is 0. The normalized spacial score (nSPS) is 20.0. The van der Waals surface area contributed by atoms with E-state index in [9.17, 15) is 0 Å². The van der Waals surface area contributed by atoms with Gasteiger partial charge in [-0.3, -0.25) is 0 Å². The number of benzene rings is 1. The number of hydrogen-bond acceptors (Lipinski definition) is 1. The lowest BCUT2D eigenvalue weighted by Crippen LogP contribution is -2.22. The van der Waals surface area contributed by atoms with Crippen molar-refractivity contribution in [2.45, 2.75) is 71.5 Å². The van der Waals surface area contributed by atoms with Crippen molar-refractivity contribution in [1.29, 1.82) is 0 Å². The first-order valence-corrected chi connectivity index (χ1v) is 6.98. The largest absolute Gasteiger partial charge is 0.368 e. The predicted molar refractivity (Wildman–Crippen MR) is 77.0 cm³/mol. The zero-order valence-electron chi connectivity index (χ0n) is 12.6. The molecule has 1 atom stereocenters. The summed E-state index contributed by atoms with van der Waals surface area (Å²) in [7, 11) is 0. The van der Waals surface area contributed by atoms with Crippen molar-refractivity contribution in [3.63, 3.8) is 0 Å². The quantitative estimate of drug-likeness (QED) is 0.692. The molecule has 1 aliphatic rings. The highest BCUT2D eigenvalue weighted by atomic mass is 16.5. The Balaban J connectivity index is 2.31. The van der Waals surface area contributed by atoms with E-state index in [0.29, 0.717) is 0 Å². The van der Waals surface area contributed by atoms with Gasteiger partial charge in [-0.15, -0.1) is 0 Å². The molecule has 0 saturated heterocycles. The zero-order chi connectivity index (χ0) is 13.6. The van der Waals surface area contributed by atoms with Crippen LogP contribution >= 0.6 is 0 Å². The summed E-state index contributed by atoms with van der Waals surface area (Å²) in [6, 6.07) is 6.93. The number of ether oxygens (including phenoxy) is 1. The molecular formula is C17H26O. The van der Waals surface area contributed by atoms with Gasteiger partial charge >= 0.3 is 0 Å². The molecule has 2 rings (SSSR count). The molecule has 0 radical (unpaired) electrons. The Morgan fingerprint density at radius 3 is 2.28 bits per heavy atom. The lowest BCUT2D eigenvalue weighted by Gasteiger charge is -2.26. The first-order valence-electron chi connectivity index (χ1n) is 6.98. The highest BCUT2D eigenvalue weighted by Crippen LogP contribution is 2.38. The molecule has 1 unspecified atom stereocenters. The Kier molecular flexibility index (Phi) is 3.31. The SMILES string of the molecule is CC(C)(C)OC1CCc2ccc(C(C)(C)C)cc21. The van der Waals surface area contributed by atoms with Crippen LogP contribution in [0.5, 0.6) is 0 Å². The number of rotatable bonds is 1. The third-order valence-corrected chi connectivity index (χ3v) is 3.53. The van der Waals surface area contributed by atoms with E-state index in [0.717, 1.165) is 12.8 Å². The Hall–Kier alpha value is -0.820. The monoisotopic (exact) mass is 246 g/mol. The molecule has 1 aliphatic carbocycles. The van der Waals surface area contributed by atoms with Crippen LogP contribution in [0.4, 0.5) is 0 Å². The fourth-order valence-corrected chi connectivity index (χ4v) is 2.58. The first kappa shape index (κ1) is 13.6. The average molecular weight is 246 g/mol. The Morgan fingerprint density at radius 1 is 1.06 bits per heavy atom. The number of aryl methyl sites for hydroxylation is 1. The van der Waals surface area contributed by atoms with Gasteiger partial charge in [-0.05, 0) is 55.7 Å². The summed E-state index contributed by atoms with van der Waals surface area (Å²) in [6.07, 6.45) is 2.56. The molecule has 1 aromatic rings. The van der Waals surface area contributed by atoms with Gasteiger partial charge in [-0.2, -0.15) is 0 Å². The minimum atomic E-state index is -0.0655. The van der Waals surface area contributed by atoms with Crippen molar-refractivity contribution in [3.05, 3.63) is 34.9 Å². The van der Waals surface area contributed by atoms with Crippen LogP contribution in [0, 0.1) is 0 Å². The molecule has 0 bridgehead atoms. The van der Waals surface area contributed by atoms with E-state index in [-0.39, 0.29) is 17.1 Å². The predicted octanol–water partition coefficient (Wildman–Crippen LogP) is 4.79. The summed E-state index contributed by atoms with van der Waals surface area (Å²) in [5.41, 5.74) is 4.44. The van der Waals surface area contributed by atoms with Gasteiger partial charge in [0, 0.05) is 0 Å². The second kappa shape index (κ2) is 4.38. The number of hydrogen-bond donors (Lipinski definition) is 0. The van der Waals surface area contributed by atoms with Gasteiger partial charge in [0.15, 0.2) is 0 Å². The van der Waals surface area contributed by atoms with Crippen LogP contribution in [0.1, 0.15) is 70.8 Å². The van der Waals surface area contributed by atoms with E-state index in [1.165, 1.54) is 16.7 Å². The Labute approximate surface area is 112 Å². The highest BCUT2D eigenvalue weighted by Gasteiger charge is 2.28. The van der Waals surface area contributed by atoms with Gasteiger partial charge < -0.3 is 4.74 Å². The van der Waals surface area contributed by atoms with E-state index in [1.807, 2.05) is 0 Å². The van der Waals surface area contributed by atoms with Crippen LogP contribution in [-0.2, 0) is 16.6 Å². The fraction of sp³-hybridized carbons (Fsp3) is 0.647. The molecule has 100 valence electrons. The van der Waals surface area contributed by atoms with E-state index in [1.54, 1.807) is 0 Å².